The molecule has 1 aliphatic rings. The highest BCUT2D eigenvalue weighted by Gasteiger charge is 2.32. The minimum absolute atomic E-state index is 0.00625. The van der Waals surface area contributed by atoms with Gasteiger partial charge in [0, 0.05) is 6.20 Å². The van der Waals surface area contributed by atoms with Gasteiger partial charge in [-0.1, -0.05) is 16.8 Å². The molecule has 1 aliphatic carbocycles. The van der Waals surface area contributed by atoms with E-state index >= 15 is 0 Å². The fourth-order valence-corrected chi connectivity index (χ4v) is 1.82. The SMILES string of the molecule is FC(F)(F)c1cnc(/C(=N\OC2CC2)n2cncn2)c(Cl)c1. The van der Waals surface area contributed by atoms with Crippen molar-refractivity contribution < 1.29 is 18.0 Å². The van der Waals surface area contributed by atoms with E-state index in [-0.39, 0.29) is 22.7 Å². The Morgan fingerprint density at radius 2 is 2.18 bits per heavy atom. The minimum Gasteiger partial charge on any atom is -0.391 e. The highest BCUT2D eigenvalue weighted by atomic mass is 35.5. The van der Waals surface area contributed by atoms with Gasteiger partial charge in [0.2, 0.25) is 5.84 Å². The Hall–Kier alpha value is -2.16. The van der Waals surface area contributed by atoms with Gasteiger partial charge in [-0.3, -0.25) is 4.98 Å². The molecule has 10 heteroatoms. The van der Waals surface area contributed by atoms with Crippen LogP contribution in [0.2, 0.25) is 5.02 Å². The molecule has 1 fully saturated rings. The van der Waals surface area contributed by atoms with E-state index in [1.54, 1.807) is 0 Å². The van der Waals surface area contributed by atoms with Crippen LogP contribution >= 0.6 is 11.6 Å². The van der Waals surface area contributed by atoms with Crippen LogP contribution in [0.15, 0.2) is 30.1 Å². The van der Waals surface area contributed by atoms with Gasteiger partial charge in [0.25, 0.3) is 0 Å². The van der Waals surface area contributed by atoms with E-state index in [0.717, 1.165) is 18.9 Å². The number of nitrogens with zero attached hydrogens (tertiary/aromatic N) is 5. The zero-order chi connectivity index (χ0) is 15.7. The van der Waals surface area contributed by atoms with Crippen molar-refractivity contribution in [3.63, 3.8) is 0 Å². The first kappa shape index (κ1) is 14.8. The summed E-state index contributed by atoms with van der Waals surface area (Å²) >= 11 is 5.92. The molecule has 22 heavy (non-hydrogen) atoms. The van der Waals surface area contributed by atoms with Crippen LogP contribution in [0.4, 0.5) is 13.2 Å². The van der Waals surface area contributed by atoms with Crippen LogP contribution < -0.4 is 0 Å². The number of rotatable bonds is 3. The van der Waals surface area contributed by atoms with Gasteiger partial charge >= 0.3 is 6.18 Å². The topological polar surface area (TPSA) is 65.2 Å². The van der Waals surface area contributed by atoms with E-state index in [1.807, 2.05) is 0 Å². The molecule has 0 saturated heterocycles. The summed E-state index contributed by atoms with van der Waals surface area (Å²) in [6, 6.07) is 0.785. The third-order valence-corrected chi connectivity index (χ3v) is 3.12. The first-order chi connectivity index (χ1) is 10.4. The van der Waals surface area contributed by atoms with Gasteiger partial charge in [-0.25, -0.2) is 4.98 Å². The van der Waals surface area contributed by atoms with Gasteiger partial charge in [0.15, 0.2) is 0 Å². The second kappa shape index (κ2) is 5.56. The zero-order valence-electron chi connectivity index (χ0n) is 11.0. The van der Waals surface area contributed by atoms with E-state index in [2.05, 4.69) is 20.2 Å². The fraction of sp³-hybridized carbons (Fsp3) is 0.333. The summed E-state index contributed by atoms with van der Waals surface area (Å²) in [5.41, 5.74) is -0.914. The van der Waals surface area contributed by atoms with Crippen molar-refractivity contribution in [1.82, 2.24) is 19.7 Å². The van der Waals surface area contributed by atoms with Crippen LogP contribution in [0, 0.1) is 0 Å². The molecule has 1 saturated carbocycles. The predicted octanol–water partition coefficient (Wildman–Crippen LogP) is 2.73. The highest BCUT2D eigenvalue weighted by molar-refractivity contribution is 6.33. The second-order valence-electron chi connectivity index (χ2n) is 4.61. The minimum atomic E-state index is -4.52. The maximum Gasteiger partial charge on any atom is 0.417 e. The Bertz CT molecular complexity index is 697. The molecule has 0 N–H and O–H groups in total. The number of hydrogen-bond donors (Lipinski definition) is 0. The standard InChI is InChI=1S/C12H9ClF3N5O/c13-9-3-7(12(14,15)16)4-18-10(9)11(20-22-8-1-2-8)21-6-17-5-19-21/h3-6,8H,1-2H2/b20-11+. The van der Waals surface area contributed by atoms with Crippen molar-refractivity contribution in [3.05, 3.63) is 41.2 Å². The Labute approximate surface area is 127 Å². The summed E-state index contributed by atoms with van der Waals surface area (Å²) in [5.74, 6) is 0.0723. The quantitative estimate of drug-likeness (QED) is 0.493. The first-order valence-corrected chi connectivity index (χ1v) is 6.65. The zero-order valence-corrected chi connectivity index (χ0v) is 11.7. The number of hydrogen-bond acceptors (Lipinski definition) is 5. The predicted molar refractivity (Wildman–Crippen MR) is 70.3 cm³/mol. The average molecular weight is 332 g/mol. The van der Waals surface area contributed by atoms with Gasteiger partial charge in [-0.15, -0.1) is 0 Å². The Balaban J connectivity index is 1.99. The molecule has 0 spiro atoms. The number of oxime groups is 1. The highest BCUT2D eigenvalue weighted by Crippen LogP contribution is 2.31. The molecule has 2 aromatic rings. The fourth-order valence-electron chi connectivity index (χ4n) is 1.57. The van der Waals surface area contributed by atoms with Gasteiger partial charge in [0.05, 0.1) is 10.6 Å². The molecule has 0 radical (unpaired) electrons. The second-order valence-corrected chi connectivity index (χ2v) is 5.02. The third kappa shape index (κ3) is 3.19. The monoisotopic (exact) mass is 331 g/mol. The van der Waals surface area contributed by atoms with Crippen molar-refractivity contribution in [2.24, 2.45) is 5.16 Å². The number of alkyl halides is 3. The molecule has 116 valence electrons. The van der Waals surface area contributed by atoms with E-state index in [1.165, 1.54) is 17.3 Å². The van der Waals surface area contributed by atoms with E-state index in [9.17, 15) is 13.2 Å². The molecule has 3 rings (SSSR count). The molecule has 2 aromatic heterocycles. The van der Waals surface area contributed by atoms with Crippen LogP contribution in [0.1, 0.15) is 24.1 Å². The van der Waals surface area contributed by atoms with Crippen molar-refractivity contribution in [3.8, 4) is 0 Å². The lowest BCUT2D eigenvalue weighted by atomic mass is 10.2. The summed E-state index contributed by atoms with van der Waals surface area (Å²) < 4.78 is 39.2. The van der Waals surface area contributed by atoms with Crippen molar-refractivity contribution >= 4 is 17.4 Å². The summed E-state index contributed by atoms with van der Waals surface area (Å²) in [6.07, 6.45) is 0.501. The van der Waals surface area contributed by atoms with Gasteiger partial charge in [-0.2, -0.15) is 23.0 Å². The largest absolute Gasteiger partial charge is 0.417 e. The number of halogens is 4. The molecule has 6 nitrogen and oxygen atoms in total. The van der Waals surface area contributed by atoms with E-state index in [4.69, 9.17) is 16.4 Å². The van der Waals surface area contributed by atoms with Crippen LogP contribution in [-0.4, -0.2) is 31.7 Å². The Kier molecular flexibility index (Phi) is 3.73. The van der Waals surface area contributed by atoms with Crippen molar-refractivity contribution in [2.45, 2.75) is 25.1 Å². The van der Waals surface area contributed by atoms with Gasteiger partial charge in [0.1, 0.15) is 24.5 Å². The summed E-state index contributed by atoms with van der Waals surface area (Å²) in [7, 11) is 0. The van der Waals surface area contributed by atoms with Crippen LogP contribution in [-0.2, 0) is 11.0 Å². The maximum atomic E-state index is 12.7. The molecule has 0 atom stereocenters. The number of aromatic nitrogens is 4. The summed E-state index contributed by atoms with van der Waals surface area (Å²) in [6.45, 7) is 0. The van der Waals surface area contributed by atoms with Crippen LogP contribution in [0.3, 0.4) is 0 Å². The maximum absolute atomic E-state index is 12.7. The van der Waals surface area contributed by atoms with Gasteiger partial charge in [-0.05, 0) is 18.9 Å². The van der Waals surface area contributed by atoms with Gasteiger partial charge < -0.3 is 4.84 Å². The van der Waals surface area contributed by atoms with Crippen LogP contribution in [0.5, 0.6) is 0 Å². The summed E-state index contributed by atoms with van der Waals surface area (Å²) in [5, 5.41) is 7.57. The normalized spacial score (nSPS) is 15.9. The molecular formula is C12H9ClF3N5O. The molecule has 2 heterocycles. The molecule has 0 aliphatic heterocycles. The average Bonchev–Trinajstić information content (AvgIpc) is 3.12. The summed E-state index contributed by atoms with van der Waals surface area (Å²) in [4.78, 5) is 12.7. The lowest BCUT2D eigenvalue weighted by Gasteiger charge is -2.10. The lowest BCUT2D eigenvalue weighted by Crippen LogP contribution is -2.18. The Morgan fingerprint density at radius 1 is 1.41 bits per heavy atom. The number of pyridine rings is 1. The molecule has 0 amide bonds. The van der Waals surface area contributed by atoms with Crippen molar-refractivity contribution in [1.29, 1.82) is 0 Å². The first-order valence-electron chi connectivity index (χ1n) is 6.27. The van der Waals surface area contributed by atoms with Crippen molar-refractivity contribution in [2.75, 3.05) is 0 Å². The molecule has 0 unspecified atom stereocenters. The molecular weight excluding hydrogens is 323 g/mol. The third-order valence-electron chi connectivity index (χ3n) is 2.83. The van der Waals surface area contributed by atoms with E-state index < -0.39 is 11.7 Å². The smallest absolute Gasteiger partial charge is 0.391 e. The van der Waals surface area contributed by atoms with Crippen LogP contribution in [0.25, 0.3) is 0 Å². The Morgan fingerprint density at radius 3 is 2.73 bits per heavy atom. The molecule has 0 bridgehead atoms. The lowest BCUT2D eigenvalue weighted by molar-refractivity contribution is -0.137. The molecule has 0 aromatic carbocycles. The van der Waals surface area contributed by atoms with E-state index in [0.29, 0.717) is 6.20 Å².